The smallest absolute Gasteiger partial charge is 0.235 e. The van der Waals surface area contributed by atoms with Crippen LogP contribution in [-0.4, -0.2) is 25.7 Å². The second-order valence-corrected chi connectivity index (χ2v) is 6.32. The summed E-state index contributed by atoms with van der Waals surface area (Å²) in [5.74, 6) is 0.274. The number of thioether (sulfide) groups is 1. The summed E-state index contributed by atoms with van der Waals surface area (Å²) in [5.41, 5.74) is 7.34. The van der Waals surface area contributed by atoms with Gasteiger partial charge in [0.25, 0.3) is 0 Å². The quantitative estimate of drug-likeness (QED) is 0.522. The van der Waals surface area contributed by atoms with Gasteiger partial charge in [-0.25, -0.2) is 0 Å². The summed E-state index contributed by atoms with van der Waals surface area (Å²) in [6.07, 6.45) is 5.16. The molecular formula is C18H17N5OS. The molecule has 0 aliphatic carbocycles. The maximum Gasteiger partial charge on any atom is 0.235 e. The minimum Gasteiger partial charge on any atom is -0.368 e. The first-order valence-electron chi connectivity index (χ1n) is 7.66. The van der Waals surface area contributed by atoms with Crippen LogP contribution in [0.1, 0.15) is 10.8 Å². The summed E-state index contributed by atoms with van der Waals surface area (Å²) in [4.78, 5) is 16.0. The van der Waals surface area contributed by atoms with Crippen LogP contribution in [0.2, 0.25) is 0 Å². The zero-order valence-electron chi connectivity index (χ0n) is 13.4. The number of aromatic nitrogens is 4. The Morgan fingerprint density at radius 3 is 2.56 bits per heavy atom. The number of nitrogens with two attached hydrogens (primary N) is 1. The largest absolute Gasteiger partial charge is 0.368 e. The van der Waals surface area contributed by atoms with Gasteiger partial charge in [0.2, 0.25) is 5.91 Å². The van der Waals surface area contributed by atoms with Gasteiger partial charge < -0.3 is 5.73 Å². The van der Waals surface area contributed by atoms with Crippen molar-refractivity contribution < 1.29 is 4.79 Å². The van der Waals surface area contributed by atoms with Crippen molar-refractivity contribution in [1.82, 2.24) is 19.7 Å². The molecule has 3 rings (SSSR count). The molecule has 2 heterocycles. The number of allylic oxidation sites excluding steroid dienone is 1. The molecule has 2 N–H and O–H groups in total. The first kappa shape index (κ1) is 16.9. The van der Waals surface area contributed by atoms with Crippen molar-refractivity contribution in [2.45, 2.75) is 17.0 Å². The lowest BCUT2D eigenvalue weighted by atomic mass is 10.1. The van der Waals surface area contributed by atoms with Crippen molar-refractivity contribution in [3.8, 4) is 11.4 Å². The van der Waals surface area contributed by atoms with Crippen LogP contribution in [0.3, 0.4) is 0 Å². The molecule has 1 atom stereocenters. The van der Waals surface area contributed by atoms with E-state index in [0.717, 1.165) is 11.1 Å². The summed E-state index contributed by atoms with van der Waals surface area (Å²) in [6, 6.07) is 13.1. The van der Waals surface area contributed by atoms with E-state index in [1.165, 1.54) is 11.8 Å². The number of benzene rings is 1. The molecule has 1 aromatic carbocycles. The second kappa shape index (κ2) is 7.76. The van der Waals surface area contributed by atoms with Crippen LogP contribution in [-0.2, 0) is 11.3 Å². The summed E-state index contributed by atoms with van der Waals surface area (Å²) in [6.45, 7) is 4.32. The van der Waals surface area contributed by atoms with Crippen molar-refractivity contribution in [3.63, 3.8) is 0 Å². The molecule has 1 unspecified atom stereocenters. The average Bonchev–Trinajstić information content (AvgIpc) is 3.04. The van der Waals surface area contributed by atoms with Crippen LogP contribution in [0.4, 0.5) is 0 Å². The minimum atomic E-state index is -0.542. The standard InChI is InChI=1S/C18H17N5OS/c1-2-12-23-17(14-8-10-20-11-9-14)21-22-18(23)25-15(16(19)24)13-6-4-3-5-7-13/h2-11,15H,1,12H2,(H2,19,24). The fraction of sp³-hybridized carbons (Fsp3) is 0.111. The molecular weight excluding hydrogens is 334 g/mol. The average molecular weight is 351 g/mol. The van der Waals surface area contributed by atoms with E-state index < -0.39 is 11.2 Å². The van der Waals surface area contributed by atoms with Crippen LogP contribution in [0.15, 0.2) is 72.7 Å². The molecule has 0 fully saturated rings. The molecule has 2 aromatic heterocycles. The van der Waals surface area contributed by atoms with E-state index in [0.29, 0.717) is 17.5 Å². The third-order valence-electron chi connectivity index (χ3n) is 3.55. The lowest BCUT2D eigenvalue weighted by Gasteiger charge is -2.14. The number of nitrogens with zero attached hydrogens (tertiary/aromatic N) is 4. The van der Waals surface area contributed by atoms with Gasteiger partial charge in [0.05, 0.1) is 0 Å². The maximum absolute atomic E-state index is 12.0. The number of hydrogen-bond donors (Lipinski definition) is 1. The molecule has 6 nitrogen and oxygen atoms in total. The van der Waals surface area contributed by atoms with Gasteiger partial charge in [0.15, 0.2) is 11.0 Å². The highest BCUT2D eigenvalue weighted by Gasteiger charge is 2.23. The zero-order valence-corrected chi connectivity index (χ0v) is 14.3. The molecule has 0 saturated carbocycles. The number of hydrogen-bond acceptors (Lipinski definition) is 5. The van der Waals surface area contributed by atoms with E-state index in [9.17, 15) is 4.79 Å². The predicted molar refractivity (Wildman–Crippen MR) is 97.7 cm³/mol. The maximum atomic E-state index is 12.0. The third-order valence-corrected chi connectivity index (χ3v) is 4.80. The SMILES string of the molecule is C=CCn1c(SC(C(N)=O)c2ccccc2)nnc1-c1ccncc1. The molecule has 7 heteroatoms. The molecule has 0 bridgehead atoms. The Morgan fingerprint density at radius 2 is 1.92 bits per heavy atom. The molecule has 0 saturated heterocycles. The van der Waals surface area contributed by atoms with Gasteiger partial charge in [-0.05, 0) is 17.7 Å². The van der Waals surface area contributed by atoms with Gasteiger partial charge in [0, 0.05) is 24.5 Å². The monoisotopic (exact) mass is 351 g/mol. The Kier molecular flexibility index (Phi) is 5.25. The summed E-state index contributed by atoms with van der Waals surface area (Å²) >= 11 is 1.28. The number of carbonyl (C=O) groups excluding carboxylic acids is 1. The molecule has 0 spiro atoms. The van der Waals surface area contributed by atoms with Crippen LogP contribution < -0.4 is 5.73 Å². The Bertz CT molecular complexity index is 864. The second-order valence-electron chi connectivity index (χ2n) is 5.25. The highest BCUT2D eigenvalue weighted by Crippen LogP contribution is 2.35. The predicted octanol–water partition coefficient (Wildman–Crippen LogP) is 2.84. The normalized spacial score (nSPS) is 11.8. The van der Waals surface area contributed by atoms with Crippen LogP contribution >= 0.6 is 11.8 Å². The highest BCUT2D eigenvalue weighted by atomic mass is 32.2. The lowest BCUT2D eigenvalue weighted by molar-refractivity contribution is -0.117. The minimum absolute atomic E-state index is 0.421. The van der Waals surface area contributed by atoms with Gasteiger partial charge in [-0.15, -0.1) is 16.8 Å². The van der Waals surface area contributed by atoms with E-state index in [2.05, 4.69) is 21.8 Å². The summed E-state index contributed by atoms with van der Waals surface area (Å²) < 4.78 is 1.91. The number of carbonyl (C=O) groups is 1. The van der Waals surface area contributed by atoms with Gasteiger partial charge >= 0.3 is 0 Å². The Morgan fingerprint density at radius 1 is 1.20 bits per heavy atom. The van der Waals surface area contributed by atoms with Crippen LogP contribution in [0, 0.1) is 0 Å². The van der Waals surface area contributed by atoms with Crippen molar-refractivity contribution in [2.24, 2.45) is 5.73 Å². The van der Waals surface area contributed by atoms with Crippen molar-refractivity contribution in [1.29, 1.82) is 0 Å². The van der Waals surface area contributed by atoms with Gasteiger partial charge in [-0.2, -0.15) is 0 Å². The molecule has 0 radical (unpaired) electrons. The third kappa shape index (κ3) is 3.77. The first-order valence-corrected chi connectivity index (χ1v) is 8.54. The van der Waals surface area contributed by atoms with Gasteiger partial charge in [-0.1, -0.05) is 48.2 Å². The molecule has 3 aromatic rings. The fourth-order valence-electron chi connectivity index (χ4n) is 2.41. The van der Waals surface area contributed by atoms with E-state index in [4.69, 9.17) is 5.73 Å². The zero-order chi connectivity index (χ0) is 17.6. The van der Waals surface area contributed by atoms with Crippen molar-refractivity contribution in [3.05, 3.63) is 73.1 Å². The van der Waals surface area contributed by atoms with Crippen molar-refractivity contribution in [2.75, 3.05) is 0 Å². The summed E-state index contributed by atoms with van der Waals surface area (Å²) in [7, 11) is 0. The topological polar surface area (TPSA) is 86.7 Å². The number of amides is 1. The Hall–Kier alpha value is -2.93. The van der Waals surface area contributed by atoms with Crippen molar-refractivity contribution >= 4 is 17.7 Å². The van der Waals surface area contributed by atoms with E-state index in [1.54, 1.807) is 18.5 Å². The number of rotatable bonds is 7. The molecule has 126 valence electrons. The van der Waals surface area contributed by atoms with Crippen LogP contribution in [0.5, 0.6) is 0 Å². The number of pyridine rings is 1. The lowest BCUT2D eigenvalue weighted by Crippen LogP contribution is -2.19. The van der Waals surface area contributed by atoms with E-state index in [-0.39, 0.29) is 0 Å². The molecule has 0 aliphatic heterocycles. The molecule has 1 amide bonds. The van der Waals surface area contributed by atoms with E-state index >= 15 is 0 Å². The van der Waals surface area contributed by atoms with Crippen LogP contribution in [0.25, 0.3) is 11.4 Å². The molecule has 0 aliphatic rings. The highest BCUT2D eigenvalue weighted by molar-refractivity contribution is 8.00. The number of primary amides is 1. The first-order chi connectivity index (χ1) is 12.2. The van der Waals surface area contributed by atoms with Gasteiger partial charge in [-0.3, -0.25) is 14.3 Å². The fourth-order valence-corrected chi connectivity index (χ4v) is 3.40. The van der Waals surface area contributed by atoms with Gasteiger partial charge in [0.1, 0.15) is 5.25 Å². The molecule has 25 heavy (non-hydrogen) atoms. The Labute approximate surface area is 149 Å². The van der Waals surface area contributed by atoms with E-state index in [1.807, 2.05) is 47.0 Å². The summed E-state index contributed by atoms with van der Waals surface area (Å²) in [5, 5.41) is 8.60. The Balaban J connectivity index is 1.98.